The number of carbonyl (C=O) groups excluding carboxylic acids is 2. The van der Waals surface area contributed by atoms with Crippen LogP contribution >= 0.6 is 45.2 Å². The van der Waals surface area contributed by atoms with E-state index in [1.165, 1.54) is 14.0 Å². The Bertz CT molecular complexity index is 481. The molecule has 0 aromatic heterocycles. The van der Waals surface area contributed by atoms with Crippen molar-refractivity contribution >= 4 is 57.1 Å². The van der Waals surface area contributed by atoms with Crippen LogP contribution in [0.25, 0.3) is 0 Å². The van der Waals surface area contributed by atoms with Gasteiger partial charge in [0.1, 0.15) is 11.8 Å². The maximum absolute atomic E-state index is 11.6. The summed E-state index contributed by atoms with van der Waals surface area (Å²) in [6, 6.07) is 2.82. The third-order valence-corrected chi connectivity index (χ3v) is 4.02. The van der Waals surface area contributed by atoms with Gasteiger partial charge in [-0.3, -0.25) is 4.79 Å². The lowest BCUT2D eigenvalue weighted by molar-refractivity contribution is -0.144. The van der Waals surface area contributed by atoms with Crippen LogP contribution in [0.4, 0.5) is 0 Å². The molecular weight excluding hydrogens is 476 g/mol. The standard InChI is InChI=1S/C12H13I2NO4/c1-6(16)15-10(12(18)19-2)5-7-3-8(13)11(17)9(14)4-7/h3-4,10,17H,5H2,1-2H3,(H,15,16). The van der Waals surface area contributed by atoms with E-state index in [1.807, 2.05) is 45.2 Å². The van der Waals surface area contributed by atoms with Crippen molar-refractivity contribution in [2.75, 3.05) is 7.11 Å². The Hall–Kier alpha value is -0.580. The molecule has 0 bridgehead atoms. The van der Waals surface area contributed by atoms with Crippen molar-refractivity contribution in [2.45, 2.75) is 19.4 Å². The van der Waals surface area contributed by atoms with Gasteiger partial charge in [0, 0.05) is 13.3 Å². The Morgan fingerprint density at radius 2 is 1.89 bits per heavy atom. The number of amides is 1. The van der Waals surface area contributed by atoms with Gasteiger partial charge in [0.25, 0.3) is 0 Å². The highest BCUT2D eigenvalue weighted by molar-refractivity contribution is 14.1. The minimum atomic E-state index is -0.723. The van der Waals surface area contributed by atoms with Crippen LogP contribution in [0.15, 0.2) is 12.1 Å². The predicted molar refractivity (Wildman–Crippen MR) is 86.9 cm³/mol. The van der Waals surface area contributed by atoms with Crippen molar-refractivity contribution in [1.82, 2.24) is 5.32 Å². The number of phenolic OH excluding ortho intramolecular Hbond substituents is 1. The number of esters is 1. The maximum atomic E-state index is 11.6. The molecule has 1 unspecified atom stereocenters. The minimum absolute atomic E-state index is 0.221. The molecule has 19 heavy (non-hydrogen) atoms. The van der Waals surface area contributed by atoms with Gasteiger partial charge in [0.2, 0.25) is 5.91 Å². The van der Waals surface area contributed by atoms with Crippen LogP contribution in [0.1, 0.15) is 12.5 Å². The molecule has 7 heteroatoms. The molecule has 104 valence electrons. The van der Waals surface area contributed by atoms with E-state index in [2.05, 4.69) is 10.1 Å². The molecule has 0 aliphatic rings. The Labute approximate surface area is 138 Å². The van der Waals surface area contributed by atoms with Crippen LogP contribution in [0.2, 0.25) is 0 Å². The molecule has 0 heterocycles. The summed E-state index contributed by atoms with van der Waals surface area (Å²) in [7, 11) is 1.28. The van der Waals surface area contributed by atoms with Crippen LogP contribution in [-0.2, 0) is 20.7 Å². The molecule has 1 aromatic rings. The van der Waals surface area contributed by atoms with Crippen LogP contribution in [0, 0.1) is 7.14 Å². The Morgan fingerprint density at radius 1 is 1.37 bits per heavy atom. The molecule has 0 aliphatic carbocycles. The average molecular weight is 489 g/mol. The molecule has 1 aromatic carbocycles. The number of phenols is 1. The summed E-state index contributed by atoms with van der Waals surface area (Å²) in [6.07, 6.45) is 0.318. The lowest BCUT2D eigenvalue weighted by Gasteiger charge is -2.16. The lowest BCUT2D eigenvalue weighted by Crippen LogP contribution is -2.42. The SMILES string of the molecule is COC(=O)C(Cc1cc(I)c(O)c(I)c1)NC(C)=O. The molecule has 0 aliphatic heterocycles. The molecule has 0 spiro atoms. The first-order chi connectivity index (χ1) is 8.85. The van der Waals surface area contributed by atoms with Crippen LogP contribution in [0.3, 0.4) is 0 Å². The largest absolute Gasteiger partial charge is 0.506 e. The topological polar surface area (TPSA) is 75.6 Å². The van der Waals surface area contributed by atoms with Gasteiger partial charge in [0.05, 0.1) is 14.3 Å². The monoisotopic (exact) mass is 489 g/mol. The molecule has 0 radical (unpaired) electrons. The van der Waals surface area contributed by atoms with Crippen LogP contribution in [-0.4, -0.2) is 30.1 Å². The third kappa shape index (κ3) is 4.79. The molecule has 1 atom stereocenters. The smallest absolute Gasteiger partial charge is 0.328 e. The molecule has 0 fully saturated rings. The summed E-state index contributed by atoms with van der Waals surface area (Å²) in [4.78, 5) is 22.7. The maximum Gasteiger partial charge on any atom is 0.328 e. The highest BCUT2D eigenvalue weighted by Gasteiger charge is 2.21. The number of ether oxygens (including phenoxy) is 1. The van der Waals surface area contributed by atoms with Crippen LogP contribution in [0.5, 0.6) is 5.75 Å². The van der Waals surface area contributed by atoms with Gasteiger partial charge >= 0.3 is 5.97 Å². The van der Waals surface area contributed by atoms with E-state index in [0.29, 0.717) is 13.6 Å². The number of methoxy groups -OCH3 is 1. The minimum Gasteiger partial charge on any atom is -0.506 e. The van der Waals surface area contributed by atoms with Crippen molar-refractivity contribution in [3.05, 3.63) is 24.8 Å². The van der Waals surface area contributed by atoms with Crippen molar-refractivity contribution in [3.63, 3.8) is 0 Å². The summed E-state index contributed by atoms with van der Waals surface area (Å²) in [6.45, 7) is 1.35. The summed E-state index contributed by atoms with van der Waals surface area (Å²) >= 11 is 4.03. The van der Waals surface area contributed by atoms with Gasteiger partial charge < -0.3 is 15.2 Å². The van der Waals surface area contributed by atoms with Gasteiger partial charge in [0.15, 0.2) is 0 Å². The molecule has 5 nitrogen and oxygen atoms in total. The number of hydrogen-bond acceptors (Lipinski definition) is 4. The predicted octanol–water partition coefficient (Wildman–Crippen LogP) is 1.82. The van der Waals surface area contributed by atoms with Gasteiger partial charge in [-0.15, -0.1) is 0 Å². The van der Waals surface area contributed by atoms with E-state index >= 15 is 0 Å². The van der Waals surface area contributed by atoms with E-state index in [4.69, 9.17) is 0 Å². The Balaban J connectivity index is 2.96. The van der Waals surface area contributed by atoms with Gasteiger partial charge in [-0.2, -0.15) is 0 Å². The summed E-state index contributed by atoms with van der Waals surface area (Å²) in [5.74, 6) is -0.564. The second kappa shape index (κ2) is 7.27. The number of rotatable bonds is 4. The molecule has 1 amide bonds. The van der Waals surface area contributed by atoms with Crippen molar-refractivity contribution in [3.8, 4) is 5.75 Å². The van der Waals surface area contributed by atoms with Gasteiger partial charge in [-0.1, -0.05) is 0 Å². The first kappa shape index (κ1) is 16.5. The summed E-state index contributed by atoms with van der Waals surface area (Å²) in [5.41, 5.74) is 0.843. The second-order valence-electron chi connectivity index (χ2n) is 3.89. The van der Waals surface area contributed by atoms with E-state index in [0.717, 1.165) is 5.56 Å². The summed E-state index contributed by atoms with van der Waals surface area (Å²) in [5, 5.41) is 12.2. The molecule has 0 saturated carbocycles. The van der Waals surface area contributed by atoms with Crippen molar-refractivity contribution in [1.29, 1.82) is 0 Å². The number of benzene rings is 1. The number of aromatic hydroxyl groups is 1. The number of nitrogens with one attached hydrogen (secondary N) is 1. The zero-order valence-corrected chi connectivity index (χ0v) is 14.7. The fraction of sp³-hybridized carbons (Fsp3) is 0.333. The lowest BCUT2D eigenvalue weighted by atomic mass is 10.1. The van der Waals surface area contributed by atoms with Crippen molar-refractivity contribution in [2.24, 2.45) is 0 Å². The first-order valence-electron chi connectivity index (χ1n) is 5.37. The normalized spacial score (nSPS) is 11.8. The summed E-state index contributed by atoms with van der Waals surface area (Å²) < 4.78 is 6.06. The number of halogens is 2. The van der Waals surface area contributed by atoms with E-state index < -0.39 is 12.0 Å². The van der Waals surface area contributed by atoms with Gasteiger partial charge in [-0.25, -0.2) is 4.79 Å². The highest BCUT2D eigenvalue weighted by atomic mass is 127. The molecule has 2 N–H and O–H groups in total. The molecule has 1 rings (SSSR count). The highest BCUT2D eigenvalue weighted by Crippen LogP contribution is 2.27. The quantitative estimate of drug-likeness (QED) is 0.501. The zero-order valence-electron chi connectivity index (χ0n) is 10.4. The zero-order chi connectivity index (χ0) is 14.6. The van der Waals surface area contributed by atoms with Crippen molar-refractivity contribution < 1.29 is 19.4 Å². The van der Waals surface area contributed by atoms with E-state index in [1.54, 1.807) is 12.1 Å². The third-order valence-electron chi connectivity index (χ3n) is 2.38. The molecular formula is C12H13I2NO4. The Morgan fingerprint density at radius 3 is 2.32 bits per heavy atom. The van der Waals surface area contributed by atoms with Crippen LogP contribution < -0.4 is 5.32 Å². The second-order valence-corrected chi connectivity index (χ2v) is 6.21. The average Bonchev–Trinajstić information content (AvgIpc) is 2.33. The first-order valence-corrected chi connectivity index (χ1v) is 7.52. The fourth-order valence-electron chi connectivity index (χ4n) is 1.55. The number of hydrogen-bond donors (Lipinski definition) is 2. The molecule has 0 saturated heterocycles. The Kier molecular flexibility index (Phi) is 6.30. The van der Waals surface area contributed by atoms with E-state index in [-0.39, 0.29) is 11.7 Å². The van der Waals surface area contributed by atoms with Gasteiger partial charge in [-0.05, 0) is 62.9 Å². The fourth-order valence-corrected chi connectivity index (χ4v) is 3.45. The van der Waals surface area contributed by atoms with E-state index in [9.17, 15) is 14.7 Å². The number of carbonyl (C=O) groups is 2.